The molecule has 3 aliphatic rings. The summed E-state index contributed by atoms with van der Waals surface area (Å²) in [5.74, 6) is 0. The number of nitrogens with zero attached hydrogens (tertiary/aromatic N) is 3. The largest absolute Gasteiger partial charge is 0.441 e. The third kappa shape index (κ3) is 6.61. The van der Waals surface area contributed by atoms with Crippen LogP contribution in [-0.4, -0.2) is 106 Å². The second kappa shape index (κ2) is 11.6. The molecule has 160 valence electrons. The number of rotatable bonds is 7. The van der Waals surface area contributed by atoms with E-state index in [2.05, 4.69) is 22.2 Å². The van der Waals surface area contributed by atoms with Crippen LogP contribution in [0, 0.1) is 0 Å². The fraction of sp³-hybridized carbons (Fsp3) is 0.944. The molecule has 0 aliphatic carbocycles. The molecular formula is C18H36Cl2N4O3. The molecule has 0 aromatic heterocycles. The van der Waals surface area contributed by atoms with Gasteiger partial charge in [-0.05, 0) is 26.4 Å². The summed E-state index contributed by atoms with van der Waals surface area (Å²) in [5, 5.41) is 3.50. The highest BCUT2D eigenvalue weighted by atomic mass is 35.5. The molecule has 9 heteroatoms. The van der Waals surface area contributed by atoms with E-state index in [1.807, 2.05) is 4.90 Å². The topological polar surface area (TPSA) is 57.3 Å². The molecule has 3 aliphatic heterocycles. The summed E-state index contributed by atoms with van der Waals surface area (Å²) in [6.45, 7) is 8.28. The van der Waals surface area contributed by atoms with Crippen molar-refractivity contribution < 1.29 is 14.3 Å². The minimum Gasteiger partial charge on any atom is -0.441 e. The fourth-order valence-corrected chi connectivity index (χ4v) is 4.22. The van der Waals surface area contributed by atoms with E-state index in [9.17, 15) is 4.79 Å². The second-order valence-corrected chi connectivity index (χ2v) is 7.80. The first-order chi connectivity index (χ1) is 12.1. The van der Waals surface area contributed by atoms with Gasteiger partial charge in [0.05, 0.1) is 13.2 Å². The van der Waals surface area contributed by atoms with Gasteiger partial charge in [-0.25, -0.2) is 4.79 Å². The van der Waals surface area contributed by atoms with Crippen LogP contribution in [0.2, 0.25) is 0 Å². The molecule has 0 aromatic rings. The normalized spacial score (nSPS) is 25.2. The fourth-order valence-electron chi connectivity index (χ4n) is 4.22. The van der Waals surface area contributed by atoms with E-state index in [4.69, 9.17) is 9.47 Å². The van der Waals surface area contributed by atoms with Crippen LogP contribution < -0.4 is 5.32 Å². The van der Waals surface area contributed by atoms with Crippen LogP contribution in [0.1, 0.15) is 25.7 Å². The first kappa shape index (κ1) is 24.7. The van der Waals surface area contributed by atoms with Crippen LogP contribution in [0.3, 0.4) is 0 Å². The van der Waals surface area contributed by atoms with E-state index in [-0.39, 0.29) is 36.5 Å². The number of ether oxygens (including phenoxy) is 2. The number of amides is 1. The van der Waals surface area contributed by atoms with E-state index in [1.54, 1.807) is 7.11 Å². The van der Waals surface area contributed by atoms with Gasteiger partial charge in [0.1, 0.15) is 5.60 Å². The maximum Gasteiger partial charge on any atom is 0.410 e. The SMILES string of the molecule is COCCN(C)CCN1CC2(CCN(C3CCCNC3)CC2)OC1=O.Cl.Cl. The molecule has 3 fully saturated rings. The molecule has 3 saturated heterocycles. The Kier molecular flexibility index (Phi) is 10.7. The third-order valence-corrected chi connectivity index (χ3v) is 5.97. The minimum atomic E-state index is -0.249. The van der Waals surface area contributed by atoms with Gasteiger partial charge < -0.3 is 24.6 Å². The van der Waals surface area contributed by atoms with Crippen LogP contribution in [0.5, 0.6) is 0 Å². The molecule has 0 radical (unpaired) electrons. The van der Waals surface area contributed by atoms with Crippen LogP contribution in [0.15, 0.2) is 0 Å². The number of likely N-dealkylation sites (N-methyl/N-ethyl adjacent to an activating group) is 1. The lowest BCUT2D eigenvalue weighted by Crippen LogP contribution is -2.53. The number of piperidine rings is 2. The van der Waals surface area contributed by atoms with Gasteiger partial charge in [-0.1, -0.05) is 0 Å². The lowest BCUT2D eigenvalue weighted by Gasteiger charge is -2.42. The molecule has 0 saturated carbocycles. The number of methoxy groups -OCH3 is 1. The summed E-state index contributed by atoms with van der Waals surface area (Å²) in [7, 11) is 3.78. The van der Waals surface area contributed by atoms with Gasteiger partial charge in [-0.3, -0.25) is 4.90 Å². The molecule has 0 bridgehead atoms. The Morgan fingerprint density at radius 1 is 1.30 bits per heavy atom. The van der Waals surface area contributed by atoms with Crippen molar-refractivity contribution in [3.05, 3.63) is 0 Å². The van der Waals surface area contributed by atoms with Gasteiger partial charge in [0.2, 0.25) is 0 Å². The summed E-state index contributed by atoms with van der Waals surface area (Å²) >= 11 is 0. The maximum absolute atomic E-state index is 12.3. The first-order valence-corrected chi connectivity index (χ1v) is 9.72. The Morgan fingerprint density at radius 2 is 2.04 bits per heavy atom. The standard InChI is InChI=1S/C18H34N4O3.2ClH/c1-20(12-13-24-2)10-11-22-15-18(25-17(22)23)5-8-21(9-6-18)16-4-3-7-19-14-16;;/h16,19H,3-15H2,1-2H3;2*1H. The second-order valence-electron chi connectivity index (χ2n) is 7.80. The van der Waals surface area contributed by atoms with E-state index in [1.165, 1.54) is 12.8 Å². The van der Waals surface area contributed by atoms with Crippen LogP contribution in [0.25, 0.3) is 0 Å². The Labute approximate surface area is 175 Å². The summed E-state index contributed by atoms with van der Waals surface area (Å²) in [5.41, 5.74) is -0.249. The average Bonchev–Trinajstić information content (AvgIpc) is 2.94. The number of halogens is 2. The molecule has 1 amide bonds. The number of carbonyl (C=O) groups is 1. The zero-order chi connectivity index (χ0) is 17.7. The number of nitrogens with one attached hydrogen (secondary N) is 1. The van der Waals surface area contributed by atoms with Crippen molar-refractivity contribution in [2.75, 3.05) is 73.1 Å². The van der Waals surface area contributed by atoms with E-state index in [0.717, 1.165) is 71.8 Å². The van der Waals surface area contributed by atoms with Gasteiger partial charge in [-0.15, -0.1) is 24.8 Å². The van der Waals surface area contributed by atoms with Crippen molar-refractivity contribution in [1.82, 2.24) is 20.0 Å². The van der Waals surface area contributed by atoms with Crippen LogP contribution in [-0.2, 0) is 9.47 Å². The molecule has 0 aromatic carbocycles. The van der Waals surface area contributed by atoms with Crippen molar-refractivity contribution in [3.63, 3.8) is 0 Å². The number of likely N-dealkylation sites (tertiary alicyclic amines) is 1. The van der Waals surface area contributed by atoms with E-state index < -0.39 is 0 Å². The monoisotopic (exact) mass is 426 g/mol. The van der Waals surface area contributed by atoms with Crippen molar-refractivity contribution in [1.29, 1.82) is 0 Å². The molecule has 3 rings (SSSR count). The molecular weight excluding hydrogens is 391 g/mol. The minimum absolute atomic E-state index is 0. The molecule has 1 atom stereocenters. The number of hydrogen-bond donors (Lipinski definition) is 1. The zero-order valence-corrected chi connectivity index (χ0v) is 18.3. The molecule has 1 spiro atoms. The Hall–Kier alpha value is -0.310. The lowest BCUT2D eigenvalue weighted by molar-refractivity contribution is -0.0127. The predicted octanol–water partition coefficient (Wildman–Crippen LogP) is 1.45. The summed E-state index contributed by atoms with van der Waals surface area (Å²) in [6, 6.07) is 0.661. The van der Waals surface area contributed by atoms with Crippen LogP contribution >= 0.6 is 24.8 Å². The Balaban J connectivity index is 0.00000182. The summed E-state index contributed by atoms with van der Waals surface area (Å²) in [4.78, 5) is 19.0. The van der Waals surface area contributed by atoms with Crippen molar-refractivity contribution in [2.24, 2.45) is 0 Å². The van der Waals surface area contributed by atoms with Gasteiger partial charge in [0.25, 0.3) is 0 Å². The van der Waals surface area contributed by atoms with Crippen LogP contribution in [0.4, 0.5) is 4.79 Å². The number of carbonyl (C=O) groups excluding carboxylic acids is 1. The third-order valence-electron chi connectivity index (χ3n) is 5.97. The number of hydrogen-bond acceptors (Lipinski definition) is 6. The average molecular weight is 427 g/mol. The zero-order valence-electron chi connectivity index (χ0n) is 16.7. The molecule has 7 nitrogen and oxygen atoms in total. The highest BCUT2D eigenvalue weighted by molar-refractivity contribution is 5.85. The van der Waals surface area contributed by atoms with E-state index >= 15 is 0 Å². The summed E-state index contributed by atoms with van der Waals surface area (Å²) < 4.78 is 11.0. The lowest BCUT2D eigenvalue weighted by atomic mass is 9.89. The smallest absolute Gasteiger partial charge is 0.410 e. The van der Waals surface area contributed by atoms with Gasteiger partial charge >= 0.3 is 6.09 Å². The Morgan fingerprint density at radius 3 is 2.67 bits per heavy atom. The first-order valence-electron chi connectivity index (χ1n) is 9.72. The highest BCUT2D eigenvalue weighted by Gasteiger charge is 2.47. The quantitative estimate of drug-likeness (QED) is 0.664. The molecule has 27 heavy (non-hydrogen) atoms. The molecule has 1 unspecified atom stereocenters. The molecule has 3 heterocycles. The molecule has 1 N–H and O–H groups in total. The van der Waals surface area contributed by atoms with Gasteiger partial charge in [0.15, 0.2) is 0 Å². The maximum atomic E-state index is 12.3. The van der Waals surface area contributed by atoms with Crippen molar-refractivity contribution in [2.45, 2.75) is 37.3 Å². The van der Waals surface area contributed by atoms with E-state index in [0.29, 0.717) is 6.04 Å². The van der Waals surface area contributed by atoms with Gasteiger partial charge in [-0.2, -0.15) is 0 Å². The van der Waals surface area contributed by atoms with Crippen molar-refractivity contribution in [3.8, 4) is 0 Å². The van der Waals surface area contributed by atoms with Crippen molar-refractivity contribution >= 4 is 30.9 Å². The van der Waals surface area contributed by atoms with Gasteiger partial charge in [0, 0.05) is 65.3 Å². The summed E-state index contributed by atoms with van der Waals surface area (Å²) in [6.07, 6.45) is 4.36. The highest BCUT2D eigenvalue weighted by Crippen LogP contribution is 2.34. The Bertz CT molecular complexity index is 444. The predicted molar refractivity (Wildman–Crippen MR) is 111 cm³/mol.